The molecule has 0 saturated heterocycles. The van der Waals surface area contributed by atoms with Gasteiger partial charge in [0.15, 0.2) is 5.76 Å². The van der Waals surface area contributed by atoms with Gasteiger partial charge in [-0.25, -0.2) is 0 Å². The van der Waals surface area contributed by atoms with Crippen LogP contribution in [-0.2, 0) is 0 Å². The fourth-order valence-corrected chi connectivity index (χ4v) is 1.68. The first kappa shape index (κ1) is 8.91. The van der Waals surface area contributed by atoms with Gasteiger partial charge in [0.2, 0.25) is 0 Å². The SMILES string of the molecule is Nc1cnoc1-c1ccc2ncccc2c1. The number of rotatable bonds is 1. The number of hydrogen-bond donors (Lipinski definition) is 1. The number of nitrogens with two attached hydrogens (primary N) is 1. The standard InChI is InChI=1S/C12H9N3O/c13-10-7-15-16-12(10)9-3-4-11-8(6-9)2-1-5-14-11/h1-7H,13H2. The van der Waals surface area contributed by atoms with Gasteiger partial charge in [-0.15, -0.1) is 0 Å². The molecule has 3 rings (SSSR count). The fourth-order valence-electron chi connectivity index (χ4n) is 1.68. The lowest BCUT2D eigenvalue weighted by molar-refractivity contribution is 0.432. The second-order valence-corrected chi connectivity index (χ2v) is 3.52. The van der Waals surface area contributed by atoms with Crippen LogP contribution < -0.4 is 5.73 Å². The van der Waals surface area contributed by atoms with E-state index >= 15 is 0 Å². The Morgan fingerprint density at radius 1 is 1.19 bits per heavy atom. The molecule has 2 heterocycles. The molecular formula is C12H9N3O. The minimum absolute atomic E-state index is 0.545. The Morgan fingerprint density at radius 3 is 2.94 bits per heavy atom. The Balaban J connectivity index is 2.23. The van der Waals surface area contributed by atoms with Crippen LogP contribution in [0.3, 0.4) is 0 Å². The minimum Gasteiger partial charge on any atom is -0.394 e. The summed E-state index contributed by atoms with van der Waals surface area (Å²) in [6, 6.07) is 9.74. The lowest BCUT2D eigenvalue weighted by Crippen LogP contribution is -1.85. The van der Waals surface area contributed by atoms with E-state index in [1.54, 1.807) is 6.20 Å². The summed E-state index contributed by atoms with van der Waals surface area (Å²) in [5.74, 6) is 0.603. The van der Waals surface area contributed by atoms with Crippen molar-refractivity contribution in [1.29, 1.82) is 0 Å². The van der Waals surface area contributed by atoms with E-state index < -0.39 is 0 Å². The number of fused-ring (bicyclic) bond motifs is 1. The Labute approximate surface area is 91.7 Å². The van der Waals surface area contributed by atoms with Crippen LogP contribution in [0.4, 0.5) is 5.69 Å². The van der Waals surface area contributed by atoms with Crippen LogP contribution in [0, 0.1) is 0 Å². The zero-order valence-electron chi connectivity index (χ0n) is 8.42. The second kappa shape index (κ2) is 3.34. The molecule has 16 heavy (non-hydrogen) atoms. The van der Waals surface area contributed by atoms with E-state index in [-0.39, 0.29) is 0 Å². The number of anilines is 1. The van der Waals surface area contributed by atoms with Crippen LogP contribution in [0.25, 0.3) is 22.2 Å². The third kappa shape index (κ3) is 1.32. The van der Waals surface area contributed by atoms with Crippen LogP contribution in [0.5, 0.6) is 0 Å². The van der Waals surface area contributed by atoms with Crippen LogP contribution >= 0.6 is 0 Å². The molecular weight excluding hydrogens is 202 g/mol. The van der Waals surface area contributed by atoms with Crippen molar-refractivity contribution in [1.82, 2.24) is 10.1 Å². The number of aromatic nitrogens is 2. The zero-order valence-corrected chi connectivity index (χ0v) is 8.42. The molecule has 2 N–H and O–H groups in total. The summed E-state index contributed by atoms with van der Waals surface area (Å²) in [5, 5.41) is 4.71. The molecule has 0 unspecified atom stereocenters. The molecule has 0 radical (unpaired) electrons. The highest BCUT2D eigenvalue weighted by atomic mass is 16.5. The summed E-state index contributed by atoms with van der Waals surface area (Å²) < 4.78 is 5.10. The molecule has 0 aliphatic carbocycles. The average Bonchev–Trinajstić information content (AvgIpc) is 2.75. The normalized spacial score (nSPS) is 10.8. The minimum atomic E-state index is 0.545. The third-order valence-corrected chi connectivity index (χ3v) is 2.46. The van der Waals surface area contributed by atoms with Gasteiger partial charge in [0.1, 0.15) is 5.69 Å². The molecule has 4 heteroatoms. The predicted molar refractivity (Wildman–Crippen MR) is 61.7 cm³/mol. The van der Waals surface area contributed by atoms with E-state index in [9.17, 15) is 0 Å². The Hall–Kier alpha value is -2.36. The third-order valence-electron chi connectivity index (χ3n) is 2.46. The summed E-state index contributed by atoms with van der Waals surface area (Å²) in [6.07, 6.45) is 3.27. The van der Waals surface area contributed by atoms with Crippen molar-refractivity contribution in [2.75, 3.05) is 5.73 Å². The van der Waals surface area contributed by atoms with Gasteiger partial charge in [0, 0.05) is 17.1 Å². The monoisotopic (exact) mass is 211 g/mol. The zero-order chi connectivity index (χ0) is 11.0. The van der Waals surface area contributed by atoms with Crippen molar-refractivity contribution in [2.45, 2.75) is 0 Å². The van der Waals surface area contributed by atoms with E-state index in [1.807, 2.05) is 30.3 Å². The van der Waals surface area contributed by atoms with Gasteiger partial charge in [0.05, 0.1) is 11.7 Å². The smallest absolute Gasteiger partial charge is 0.189 e. The van der Waals surface area contributed by atoms with Gasteiger partial charge < -0.3 is 10.3 Å². The first-order chi connectivity index (χ1) is 7.84. The number of nitrogen functional groups attached to an aromatic ring is 1. The molecule has 2 aromatic heterocycles. The topological polar surface area (TPSA) is 64.9 Å². The molecule has 1 aromatic carbocycles. The molecule has 0 amide bonds. The maximum atomic E-state index is 5.74. The van der Waals surface area contributed by atoms with E-state index in [4.69, 9.17) is 10.3 Å². The summed E-state index contributed by atoms with van der Waals surface area (Å²) >= 11 is 0. The van der Waals surface area contributed by atoms with Crippen LogP contribution in [-0.4, -0.2) is 10.1 Å². The predicted octanol–water partition coefficient (Wildman–Crippen LogP) is 2.47. The second-order valence-electron chi connectivity index (χ2n) is 3.52. The molecule has 0 aliphatic heterocycles. The summed E-state index contributed by atoms with van der Waals surface area (Å²) in [5.41, 5.74) is 8.15. The van der Waals surface area contributed by atoms with Gasteiger partial charge in [-0.05, 0) is 24.3 Å². The summed E-state index contributed by atoms with van der Waals surface area (Å²) in [4.78, 5) is 4.25. The first-order valence-corrected chi connectivity index (χ1v) is 4.90. The molecule has 0 bridgehead atoms. The lowest BCUT2D eigenvalue weighted by Gasteiger charge is -2.00. The van der Waals surface area contributed by atoms with E-state index in [2.05, 4.69) is 10.1 Å². The van der Waals surface area contributed by atoms with Crippen molar-refractivity contribution < 1.29 is 4.52 Å². The highest BCUT2D eigenvalue weighted by molar-refractivity contribution is 5.85. The Kier molecular flexibility index (Phi) is 1.86. The number of pyridine rings is 1. The number of hydrogen-bond acceptors (Lipinski definition) is 4. The maximum Gasteiger partial charge on any atom is 0.189 e. The molecule has 0 fully saturated rings. The highest BCUT2D eigenvalue weighted by Crippen LogP contribution is 2.27. The molecule has 3 aromatic rings. The molecule has 4 nitrogen and oxygen atoms in total. The Bertz CT molecular complexity index is 645. The molecule has 0 atom stereocenters. The molecule has 0 saturated carbocycles. The largest absolute Gasteiger partial charge is 0.394 e. The van der Waals surface area contributed by atoms with Crippen molar-refractivity contribution in [3.8, 4) is 11.3 Å². The maximum absolute atomic E-state index is 5.74. The first-order valence-electron chi connectivity index (χ1n) is 4.90. The fraction of sp³-hybridized carbons (Fsp3) is 0. The molecule has 78 valence electrons. The van der Waals surface area contributed by atoms with Crippen molar-refractivity contribution >= 4 is 16.6 Å². The van der Waals surface area contributed by atoms with Crippen molar-refractivity contribution in [3.05, 3.63) is 42.7 Å². The van der Waals surface area contributed by atoms with E-state index in [0.29, 0.717) is 11.4 Å². The van der Waals surface area contributed by atoms with Crippen LogP contribution in [0.1, 0.15) is 0 Å². The van der Waals surface area contributed by atoms with Gasteiger partial charge in [0.25, 0.3) is 0 Å². The molecule has 0 aliphatic rings. The summed E-state index contributed by atoms with van der Waals surface area (Å²) in [7, 11) is 0. The van der Waals surface area contributed by atoms with Gasteiger partial charge in [-0.1, -0.05) is 11.2 Å². The van der Waals surface area contributed by atoms with Gasteiger partial charge in [-0.2, -0.15) is 0 Å². The van der Waals surface area contributed by atoms with Crippen LogP contribution in [0.2, 0.25) is 0 Å². The van der Waals surface area contributed by atoms with Crippen molar-refractivity contribution in [2.24, 2.45) is 0 Å². The lowest BCUT2D eigenvalue weighted by atomic mass is 10.1. The van der Waals surface area contributed by atoms with Gasteiger partial charge in [-0.3, -0.25) is 4.98 Å². The summed E-state index contributed by atoms with van der Waals surface area (Å²) in [6.45, 7) is 0. The van der Waals surface area contributed by atoms with E-state index in [0.717, 1.165) is 16.5 Å². The van der Waals surface area contributed by atoms with Crippen LogP contribution in [0.15, 0.2) is 47.2 Å². The van der Waals surface area contributed by atoms with Crippen molar-refractivity contribution in [3.63, 3.8) is 0 Å². The molecule has 0 spiro atoms. The Morgan fingerprint density at radius 2 is 2.12 bits per heavy atom. The van der Waals surface area contributed by atoms with Gasteiger partial charge >= 0.3 is 0 Å². The number of nitrogens with zero attached hydrogens (tertiary/aromatic N) is 2. The average molecular weight is 211 g/mol. The number of benzene rings is 1. The highest BCUT2D eigenvalue weighted by Gasteiger charge is 2.08. The van der Waals surface area contributed by atoms with E-state index in [1.165, 1.54) is 6.20 Å². The quantitative estimate of drug-likeness (QED) is 0.671.